The molecule has 2 aromatic rings. The number of hydrogen-bond donors (Lipinski definition) is 1. The van der Waals surface area contributed by atoms with Gasteiger partial charge in [-0.2, -0.15) is 0 Å². The first kappa shape index (κ1) is 11.0. The fraction of sp³-hybridized carbons (Fsp3) is 0.417. The molecule has 4 nitrogen and oxygen atoms in total. The van der Waals surface area contributed by atoms with Gasteiger partial charge in [0.25, 0.3) is 0 Å². The molecule has 2 rings (SSSR count). The average molecular weight is 218 g/mol. The summed E-state index contributed by atoms with van der Waals surface area (Å²) in [4.78, 5) is 6.63. The van der Waals surface area contributed by atoms with Gasteiger partial charge in [-0.3, -0.25) is 0 Å². The highest BCUT2D eigenvalue weighted by atomic mass is 15.1. The number of fused-ring (bicyclic) bond motifs is 1. The van der Waals surface area contributed by atoms with Gasteiger partial charge < -0.3 is 15.0 Å². The van der Waals surface area contributed by atoms with Crippen LogP contribution in [0.4, 0.5) is 5.69 Å². The molecule has 0 saturated carbocycles. The first-order valence-electron chi connectivity index (χ1n) is 5.48. The van der Waals surface area contributed by atoms with Crippen LogP contribution in [-0.2, 0) is 6.42 Å². The van der Waals surface area contributed by atoms with E-state index in [0.717, 1.165) is 23.4 Å². The van der Waals surface area contributed by atoms with Crippen LogP contribution in [0.3, 0.4) is 0 Å². The maximum Gasteiger partial charge on any atom is 0.139 e. The Bertz CT molecular complexity index is 499. The summed E-state index contributed by atoms with van der Waals surface area (Å²) in [6, 6.07) is 4.18. The molecule has 0 aliphatic rings. The molecule has 2 N–H and O–H groups in total. The molecule has 0 fully saturated rings. The van der Waals surface area contributed by atoms with Crippen molar-refractivity contribution in [1.29, 1.82) is 0 Å². The van der Waals surface area contributed by atoms with E-state index in [-0.39, 0.29) is 0 Å². The lowest BCUT2D eigenvalue weighted by Gasteiger charge is -2.12. The van der Waals surface area contributed by atoms with E-state index in [1.54, 1.807) is 0 Å². The van der Waals surface area contributed by atoms with Crippen molar-refractivity contribution in [2.24, 2.45) is 5.73 Å². The Morgan fingerprint density at radius 2 is 2.19 bits per heavy atom. The monoisotopic (exact) mass is 218 g/mol. The third kappa shape index (κ3) is 1.76. The van der Waals surface area contributed by atoms with Crippen LogP contribution in [0.15, 0.2) is 18.3 Å². The van der Waals surface area contributed by atoms with Crippen molar-refractivity contribution in [3.63, 3.8) is 0 Å². The molecule has 0 bridgehead atoms. The van der Waals surface area contributed by atoms with Gasteiger partial charge in [0.05, 0.1) is 5.69 Å². The molecule has 0 aliphatic heterocycles. The molecule has 2 aromatic heterocycles. The number of anilines is 1. The predicted octanol–water partition coefficient (Wildman–Crippen LogP) is 1.21. The second kappa shape index (κ2) is 4.14. The maximum absolute atomic E-state index is 5.61. The Morgan fingerprint density at radius 3 is 2.81 bits per heavy atom. The molecular weight excluding hydrogens is 200 g/mol. The van der Waals surface area contributed by atoms with Crippen molar-refractivity contribution in [1.82, 2.24) is 9.38 Å². The van der Waals surface area contributed by atoms with E-state index in [2.05, 4.69) is 32.6 Å². The van der Waals surface area contributed by atoms with Crippen LogP contribution < -0.4 is 10.6 Å². The van der Waals surface area contributed by atoms with Crippen molar-refractivity contribution >= 4 is 11.3 Å². The number of aromatic nitrogens is 2. The molecule has 0 aliphatic carbocycles. The summed E-state index contributed by atoms with van der Waals surface area (Å²) in [6.07, 6.45) is 2.93. The van der Waals surface area contributed by atoms with Crippen molar-refractivity contribution in [3.05, 3.63) is 29.7 Å². The lowest BCUT2D eigenvalue weighted by atomic mass is 10.2. The first-order chi connectivity index (χ1) is 7.63. The van der Waals surface area contributed by atoms with E-state index < -0.39 is 0 Å². The second-order valence-corrected chi connectivity index (χ2v) is 4.19. The van der Waals surface area contributed by atoms with Crippen LogP contribution in [0.1, 0.15) is 11.4 Å². The van der Waals surface area contributed by atoms with Gasteiger partial charge in [-0.1, -0.05) is 0 Å². The van der Waals surface area contributed by atoms with Gasteiger partial charge in [0, 0.05) is 44.2 Å². The Labute approximate surface area is 95.7 Å². The summed E-state index contributed by atoms with van der Waals surface area (Å²) in [5.41, 5.74) is 10.0. The summed E-state index contributed by atoms with van der Waals surface area (Å²) >= 11 is 0. The molecule has 4 heteroatoms. The van der Waals surface area contributed by atoms with Gasteiger partial charge in [-0.25, -0.2) is 4.98 Å². The van der Waals surface area contributed by atoms with Crippen molar-refractivity contribution in [2.75, 3.05) is 25.5 Å². The summed E-state index contributed by atoms with van der Waals surface area (Å²) < 4.78 is 2.12. The Hall–Kier alpha value is -1.55. The van der Waals surface area contributed by atoms with E-state index in [1.807, 2.05) is 21.0 Å². The number of imidazole rings is 1. The van der Waals surface area contributed by atoms with Crippen molar-refractivity contribution in [3.8, 4) is 0 Å². The fourth-order valence-electron chi connectivity index (χ4n) is 1.92. The quantitative estimate of drug-likeness (QED) is 0.842. The van der Waals surface area contributed by atoms with E-state index in [1.165, 1.54) is 5.69 Å². The molecule has 16 heavy (non-hydrogen) atoms. The van der Waals surface area contributed by atoms with Gasteiger partial charge in [0.2, 0.25) is 0 Å². The number of rotatable bonds is 3. The Kier molecular flexibility index (Phi) is 2.83. The number of pyridine rings is 1. The predicted molar refractivity (Wildman–Crippen MR) is 67.0 cm³/mol. The largest absolute Gasteiger partial charge is 0.378 e. The highest BCUT2D eigenvalue weighted by molar-refractivity contribution is 5.56. The fourth-order valence-corrected chi connectivity index (χ4v) is 1.92. The standard InChI is InChI=1S/C12H18N4/c1-9-11(4-6-13)16-7-5-10(15(2)3)8-12(16)14-9/h5,7-8H,4,6,13H2,1-3H3. The van der Waals surface area contributed by atoms with Crippen molar-refractivity contribution in [2.45, 2.75) is 13.3 Å². The summed E-state index contributed by atoms with van der Waals surface area (Å²) in [5.74, 6) is 0. The lowest BCUT2D eigenvalue weighted by Crippen LogP contribution is -2.09. The van der Waals surface area contributed by atoms with Crippen LogP contribution in [0.2, 0.25) is 0 Å². The van der Waals surface area contributed by atoms with Crippen LogP contribution in [-0.4, -0.2) is 30.0 Å². The molecule has 0 amide bonds. The molecule has 0 atom stereocenters. The molecular formula is C12H18N4. The van der Waals surface area contributed by atoms with E-state index in [0.29, 0.717) is 6.54 Å². The minimum atomic E-state index is 0.657. The number of hydrogen-bond acceptors (Lipinski definition) is 3. The normalized spacial score (nSPS) is 11.0. The van der Waals surface area contributed by atoms with E-state index in [4.69, 9.17) is 5.73 Å². The topological polar surface area (TPSA) is 46.6 Å². The zero-order chi connectivity index (χ0) is 11.7. The lowest BCUT2D eigenvalue weighted by molar-refractivity contribution is 0.893. The van der Waals surface area contributed by atoms with Gasteiger partial charge >= 0.3 is 0 Å². The highest BCUT2D eigenvalue weighted by Gasteiger charge is 2.08. The molecule has 0 aromatic carbocycles. The van der Waals surface area contributed by atoms with E-state index >= 15 is 0 Å². The average Bonchev–Trinajstić information content (AvgIpc) is 2.55. The number of aryl methyl sites for hydroxylation is 1. The molecule has 2 heterocycles. The van der Waals surface area contributed by atoms with Crippen LogP contribution in [0, 0.1) is 6.92 Å². The molecule has 0 spiro atoms. The first-order valence-corrected chi connectivity index (χ1v) is 5.48. The minimum Gasteiger partial charge on any atom is -0.378 e. The van der Waals surface area contributed by atoms with Crippen LogP contribution in [0.5, 0.6) is 0 Å². The Balaban J connectivity index is 2.56. The highest BCUT2D eigenvalue weighted by Crippen LogP contribution is 2.18. The third-order valence-corrected chi connectivity index (χ3v) is 2.81. The summed E-state index contributed by atoms with van der Waals surface area (Å²) in [7, 11) is 4.06. The number of nitrogens with zero attached hydrogens (tertiary/aromatic N) is 3. The van der Waals surface area contributed by atoms with Crippen LogP contribution >= 0.6 is 0 Å². The zero-order valence-electron chi connectivity index (χ0n) is 10.1. The van der Waals surface area contributed by atoms with Gasteiger partial charge in [-0.05, 0) is 19.5 Å². The van der Waals surface area contributed by atoms with E-state index in [9.17, 15) is 0 Å². The van der Waals surface area contributed by atoms with Gasteiger partial charge in [0.1, 0.15) is 5.65 Å². The molecule has 0 saturated heterocycles. The zero-order valence-corrected chi connectivity index (χ0v) is 10.1. The molecule has 86 valence electrons. The maximum atomic E-state index is 5.61. The second-order valence-electron chi connectivity index (χ2n) is 4.19. The third-order valence-electron chi connectivity index (χ3n) is 2.81. The summed E-state index contributed by atoms with van der Waals surface area (Å²) in [6.45, 7) is 2.69. The summed E-state index contributed by atoms with van der Waals surface area (Å²) in [5, 5.41) is 0. The van der Waals surface area contributed by atoms with Crippen LogP contribution in [0.25, 0.3) is 5.65 Å². The van der Waals surface area contributed by atoms with Crippen molar-refractivity contribution < 1.29 is 0 Å². The van der Waals surface area contributed by atoms with Gasteiger partial charge in [-0.15, -0.1) is 0 Å². The van der Waals surface area contributed by atoms with Gasteiger partial charge in [0.15, 0.2) is 0 Å². The number of nitrogens with two attached hydrogens (primary N) is 1. The smallest absolute Gasteiger partial charge is 0.139 e. The minimum absolute atomic E-state index is 0.657. The SMILES string of the molecule is Cc1nc2cc(N(C)C)ccn2c1CCN. The molecule has 0 unspecified atom stereocenters. The molecule has 0 radical (unpaired) electrons. The Morgan fingerprint density at radius 1 is 1.44 bits per heavy atom.